The zero-order valence-electron chi connectivity index (χ0n) is 10.5. The van der Waals surface area contributed by atoms with E-state index in [1.165, 1.54) is 0 Å². The van der Waals surface area contributed by atoms with Crippen molar-refractivity contribution in [3.8, 4) is 0 Å². The monoisotopic (exact) mass is 261 g/mol. The second-order valence-corrected chi connectivity index (χ2v) is 4.27. The van der Waals surface area contributed by atoms with E-state index in [0.717, 1.165) is 16.6 Å². The summed E-state index contributed by atoms with van der Waals surface area (Å²) in [6.07, 6.45) is 1.88. The number of carbonyl (C=O) groups is 2. The average Bonchev–Trinajstić information content (AvgIpc) is 2.84. The fourth-order valence-corrected chi connectivity index (χ4v) is 1.88. The minimum Gasteiger partial charge on any atom is -0.481 e. The van der Waals surface area contributed by atoms with Gasteiger partial charge in [-0.25, -0.2) is 4.98 Å². The molecule has 19 heavy (non-hydrogen) atoms. The van der Waals surface area contributed by atoms with Gasteiger partial charge in [0, 0.05) is 6.54 Å². The number of nitrogens with one attached hydrogen (secondary N) is 2. The molecular weight excluding hydrogens is 246 g/mol. The number of nitrogens with zero attached hydrogens (tertiary/aromatic N) is 1. The van der Waals surface area contributed by atoms with Crippen molar-refractivity contribution in [3.05, 3.63) is 30.1 Å². The first-order chi connectivity index (χ1) is 9.11. The van der Waals surface area contributed by atoms with Gasteiger partial charge in [0.15, 0.2) is 0 Å². The zero-order valence-corrected chi connectivity index (χ0v) is 10.5. The largest absolute Gasteiger partial charge is 0.481 e. The summed E-state index contributed by atoms with van der Waals surface area (Å²) in [7, 11) is 0. The number of carboxylic acids is 1. The second-order valence-electron chi connectivity index (χ2n) is 4.27. The first-order valence-electron chi connectivity index (χ1n) is 6.04. The van der Waals surface area contributed by atoms with Crippen molar-refractivity contribution in [3.63, 3.8) is 0 Å². The third-order valence-electron chi connectivity index (χ3n) is 2.97. The first kappa shape index (κ1) is 13.1. The number of rotatable bonds is 5. The minimum atomic E-state index is -1.09. The standard InChI is InChI=1S/C13H15N3O3/c1-2-9(13(18)19)12(17)14-6-8-3-4-10-11(5-8)16-7-15-10/h3-5,7,9H,2,6H2,1H3,(H,14,17)(H,15,16)(H,18,19). The summed E-state index contributed by atoms with van der Waals surface area (Å²) in [5.74, 6) is -2.54. The number of carboxylic acid groups (broad SMARTS) is 1. The summed E-state index contributed by atoms with van der Waals surface area (Å²) in [6, 6.07) is 5.58. The van der Waals surface area contributed by atoms with Crippen molar-refractivity contribution in [2.24, 2.45) is 5.92 Å². The zero-order chi connectivity index (χ0) is 13.8. The van der Waals surface area contributed by atoms with Crippen molar-refractivity contribution in [2.45, 2.75) is 19.9 Å². The van der Waals surface area contributed by atoms with Crippen LogP contribution in [0.25, 0.3) is 11.0 Å². The van der Waals surface area contributed by atoms with Crippen LogP contribution in [0.15, 0.2) is 24.5 Å². The molecule has 1 amide bonds. The van der Waals surface area contributed by atoms with Gasteiger partial charge < -0.3 is 15.4 Å². The molecule has 0 saturated carbocycles. The molecule has 3 N–H and O–H groups in total. The summed E-state index contributed by atoms with van der Waals surface area (Å²) in [4.78, 5) is 29.6. The van der Waals surface area contributed by atoms with Gasteiger partial charge >= 0.3 is 5.97 Å². The summed E-state index contributed by atoms with van der Waals surface area (Å²) in [5, 5.41) is 11.5. The average molecular weight is 261 g/mol. The number of aromatic amines is 1. The normalized spacial score (nSPS) is 12.3. The summed E-state index contributed by atoms with van der Waals surface area (Å²) < 4.78 is 0. The lowest BCUT2D eigenvalue weighted by molar-refractivity contribution is -0.147. The molecule has 0 aliphatic carbocycles. The van der Waals surface area contributed by atoms with E-state index in [2.05, 4.69) is 15.3 Å². The van der Waals surface area contributed by atoms with Gasteiger partial charge in [-0.3, -0.25) is 9.59 Å². The summed E-state index contributed by atoms with van der Waals surface area (Å²) >= 11 is 0. The first-order valence-corrected chi connectivity index (χ1v) is 6.04. The predicted molar refractivity (Wildman–Crippen MR) is 69.4 cm³/mol. The quantitative estimate of drug-likeness (QED) is 0.707. The molecule has 2 rings (SSSR count). The molecular formula is C13H15N3O3. The van der Waals surface area contributed by atoms with Gasteiger partial charge in [0.1, 0.15) is 5.92 Å². The molecule has 1 heterocycles. The van der Waals surface area contributed by atoms with Crippen LogP contribution >= 0.6 is 0 Å². The van der Waals surface area contributed by atoms with Gasteiger partial charge in [-0.05, 0) is 24.1 Å². The molecule has 0 fully saturated rings. The Morgan fingerprint density at radius 2 is 2.26 bits per heavy atom. The number of carbonyl (C=O) groups excluding carboxylic acids is 1. The van der Waals surface area contributed by atoms with E-state index in [1.54, 1.807) is 13.3 Å². The number of aliphatic carboxylic acids is 1. The number of hydrogen-bond acceptors (Lipinski definition) is 3. The van der Waals surface area contributed by atoms with Crippen molar-refractivity contribution < 1.29 is 14.7 Å². The smallest absolute Gasteiger partial charge is 0.316 e. The molecule has 100 valence electrons. The third kappa shape index (κ3) is 2.90. The van der Waals surface area contributed by atoms with E-state index in [0.29, 0.717) is 6.54 Å². The number of aromatic nitrogens is 2. The summed E-state index contributed by atoms with van der Waals surface area (Å²) in [6.45, 7) is 1.98. The maximum absolute atomic E-state index is 11.7. The molecule has 1 aromatic carbocycles. The van der Waals surface area contributed by atoms with Gasteiger partial charge in [0.2, 0.25) is 5.91 Å². The van der Waals surface area contributed by atoms with Crippen LogP contribution < -0.4 is 5.32 Å². The maximum Gasteiger partial charge on any atom is 0.316 e. The Bertz CT molecular complexity index is 606. The molecule has 1 unspecified atom stereocenters. The maximum atomic E-state index is 11.7. The Kier molecular flexibility index (Phi) is 3.79. The van der Waals surface area contributed by atoms with Crippen molar-refractivity contribution in [1.29, 1.82) is 0 Å². The Morgan fingerprint density at radius 3 is 2.95 bits per heavy atom. The number of amides is 1. The van der Waals surface area contributed by atoms with Gasteiger partial charge in [0.05, 0.1) is 17.4 Å². The van der Waals surface area contributed by atoms with E-state index in [-0.39, 0.29) is 6.42 Å². The van der Waals surface area contributed by atoms with Crippen LogP contribution in [0.2, 0.25) is 0 Å². The number of benzene rings is 1. The van der Waals surface area contributed by atoms with Crippen molar-refractivity contribution in [1.82, 2.24) is 15.3 Å². The van der Waals surface area contributed by atoms with Crippen LogP contribution in [0.1, 0.15) is 18.9 Å². The second kappa shape index (κ2) is 5.51. The van der Waals surface area contributed by atoms with Gasteiger partial charge in [-0.15, -0.1) is 0 Å². The molecule has 0 saturated heterocycles. The molecule has 0 spiro atoms. The SMILES string of the molecule is CCC(C(=O)O)C(=O)NCc1ccc2nc[nH]c2c1. The summed E-state index contributed by atoms with van der Waals surface area (Å²) in [5.41, 5.74) is 2.63. The number of imidazole rings is 1. The minimum absolute atomic E-state index is 0.279. The number of hydrogen-bond donors (Lipinski definition) is 3. The van der Waals surface area contributed by atoms with Crippen LogP contribution in [-0.4, -0.2) is 27.0 Å². The van der Waals surface area contributed by atoms with Crippen molar-refractivity contribution in [2.75, 3.05) is 0 Å². The van der Waals surface area contributed by atoms with Crippen LogP contribution in [0.5, 0.6) is 0 Å². The molecule has 0 aliphatic heterocycles. The lowest BCUT2D eigenvalue weighted by atomic mass is 10.1. The van der Waals surface area contributed by atoms with Crippen LogP contribution in [0.3, 0.4) is 0 Å². The lowest BCUT2D eigenvalue weighted by Gasteiger charge is -2.10. The Balaban J connectivity index is 2.01. The number of H-pyrrole nitrogens is 1. The Morgan fingerprint density at radius 1 is 1.47 bits per heavy atom. The highest BCUT2D eigenvalue weighted by atomic mass is 16.4. The van der Waals surface area contributed by atoms with Gasteiger partial charge in [0.25, 0.3) is 0 Å². The van der Waals surface area contributed by atoms with Crippen LogP contribution in [-0.2, 0) is 16.1 Å². The van der Waals surface area contributed by atoms with E-state index < -0.39 is 17.8 Å². The molecule has 1 atom stereocenters. The van der Waals surface area contributed by atoms with E-state index in [9.17, 15) is 9.59 Å². The Labute approximate surface area is 109 Å². The van der Waals surface area contributed by atoms with Crippen LogP contribution in [0, 0.1) is 5.92 Å². The molecule has 0 aliphatic rings. The fourth-order valence-electron chi connectivity index (χ4n) is 1.88. The number of fused-ring (bicyclic) bond motifs is 1. The van der Waals surface area contributed by atoms with Gasteiger partial charge in [-0.1, -0.05) is 13.0 Å². The van der Waals surface area contributed by atoms with Crippen molar-refractivity contribution >= 4 is 22.9 Å². The highest BCUT2D eigenvalue weighted by Gasteiger charge is 2.23. The molecule has 6 nitrogen and oxygen atoms in total. The van der Waals surface area contributed by atoms with Gasteiger partial charge in [-0.2, -0.15) is 0 Å². The topological polar surface area (TPSA) is 95.1 Å². The Hall–Kier alpha value is -2.37. The molecule has 0 radical (unpaired) electrons. The highest BCUT2D eigenvalue weighted by molar-refractivity contribution is 5.96. The van der Waals surface area contributed by atoms with E-state index in [1.807, 2.05) is 18.2 Å². The third-order valence-corrected chi connectivity index (χ3v) is 2.97. The molecule has 0 bridgehead atoms. The lowest BCUT2D eigenvalue weighted by Crippen LogP contribution is -2.34. The molecule has 1 aromatic heterocycles. The fraction of sp³-hybridized carbons (Fsp3) is 0.308. The predicted octanol–water partition coefficient (Wildman–Crippen LogP) is 1.29. The molecule has 6 heteroatoms. The molecule has 2 aromatic rings. The van der Waals surface area contributed by atoms with Crippen LogP contribution in [0.4, 0.5) is 0 Å². The highest BCUT2D eigenvalue weighted by Crippen LogP contribution is 2.11. The van der Waals surface area contributed by atoms with E-state index in [4.69, 9.17) is 5.11 Å². The van der Waals surface area contributed by atoms with E-state index >= 15 is 0 Å².